The Labute approximate surface area is 88.9 Å². The van der Waals surface area contributed by atoms with Crippen LogP contribution in [0.5, 0.6) is 0 Å². The molecule has 1 atom stereocenters. The van der Waals surface area contributed by atoms with Gasteiger partial charge in [-0.3, -0.25) is 4.79 Å². The van der Waals surface area contributed by atoms with Crippen molar-refractivity contribution in [1.82, 2.24) is 4.48 Å². The van der Waals surface area contributed by atoms with E-state index in [0.29, 0.717) is 11.1 Å². The van der Waals surface area contributed by atoms with Crippen LogP contribution in [0.15, 0.2) is 35.1 Å². The Hall–Kier alpha value is -1.55. The Morgan fingerprint density at radius 3 is 2.73 bits per heavy atom. The normalized spacial score (nSPS) is 12.9. The van der Waals surface area contributed by atoms with Gasteiger partial charge in [-0.25, -0.2) is 0 Å². The predicted octanol–water partition coefficient (Wildman–Crippen LogP) is 0.953. The van der Waals surface area contributed by atoms with E-state index in [1.807, 2.05) is 24.3 Å². The quantitative estimate of drug-likeness (QED) is 0.693. The number of benzene rings is 1. The van der Waals surface area contributed by atoms with E-state index in [4.69, 9.17) is 13.7 Å². The molecule has 0 saturated carbocycles. The third-order valence-electron chi connectivity index (χ3n) is 2.46. The first-order chi connectivity index (χ1) is 7.11. The Kier molecular flexibility index (Phi) is 2.36. The van der Waals surface area contributed by atoms with Gasteiger partial charge in [-0.15, -0.1) is 0 Å². The molecule has 0 saturated heterocycles. The number of fused-ring (bicyclic) bond motifs is 1. The van der Waals surface area contributed by atoms with Crippen LogP contribution in [0.4, 0.5) is 0 Å². The number of pyridine rings is 1. The van der Waals surface area contributed by atoms with E-state index in [0.717, 1.165) is 9.86 Å². The van der Waals surface area contributed by atoms with E-state index in [1.54, 1.807) is 13.0 Å². The lowest BCUT2D eigenvalue weighted by Crippen LogP contribution is -2.25. The van der Waals surface area contributed by atoms with Crippen LogP contribution < -0.4 is 11.3 Å². The van der Waals surface area contributed by atoms with Crippen molar-refractivity contribution in [3.63, 3.8) is 0 Å². The topological polar surface area (TPSA) is 48.0 Å². The van der Waals surface area contributed by atoms with Gasteiger partial charge in [-0.2, -0.15) is 0 Å². The van der Waals surface area contributed by atoms with Crippen LogP contribution in [-0.2, 0) is 0 Å². The van der Waals surface area contributed by atoms with E-state index >= 15 is 0 Å². The number of rotatable bonds is 1. The maximum absolute atomic E-state index is 11.8. The molecular weight excluding hydrogens is 187 g/mol. The molecule has 1 aromatic heterocycles. The summed E-state index contributed by atoms with van der Waals surface area (Å²) in [6, 6.07) is 8.92. The van der Waals surface area contributed by atoms with Crippen molar-refractivity contribution in [3.05, 3.63) is 46.4 Å². The second-order valence-electron chi connectivity index (χ2n) is 3.62. The molecule has 2 rings (SSSR count). The second-order valence-corrected chi connectivity index (χ2v) is 3.62. The number of nitrogens with two attached hydrogens (primary N) is 1. The highest BCUT2D eigenvalue weighted by Gasteiger charge is 2.07. The zero-order valence-electron chi connectivity index (χ0n) is 8.47. The average molecular weight is 198 g/mol. The minimum Gasteiger partial charge on any atom is -0.367 e. The third-order valence-corrected chi connectivity index (χ3v) is 2.46. The van der Waals surface area contributed by atoms with Crippen molar-refractivity contribution in [2.24, 2.45) is 5.73 Å². The van der Waals surface area contributed by atoms with E-state index in [1.165, 1.54) is 0 Å². The largest absolute Gasteiger partial charge is 0.367 e. The summed E-state index contributed by atoms with van der Waals surface area (Å²) in [5.74, 6) is 0. The highest BCUT2D eigenvalue weighted by molar-refractivity contribution is 6.08. The zero-order chi connectivity index (χ0) is 11.0. The fraction of sp³-hybridized carbons (Fsp3) is 0.182. The highest BCUT2D eigenvalue weighted by Crippen LogP contribution is 2.14. The Morgan fingerprint density at radius 1 is 1.40 bits per heavy atom. The molecule has 0 aliphatic rings. The second kappa shape index (κ2) is 3.55. The molecule has 4 heteroatoms. The Balaban J connectivity index is 2.89. The lowest BCUT2D eigenvalue weighted by molar-refractivity contribution is 0.760. The predicted molar refractivity (Wildman–Crippen MR) is 62.0 cm³/mol. The van der Waals surface area contributed by atoms with Crippen molar-refractivity contribution in [3.8, 4) is 0 Å². The molecule has 0 unspecified atom stereocenters. The van der Waals surface area contributed by atoms with E-state index < -0.39 is 0 Å². The van der Waals surface area contributed by atoms with E-state index in [9.17, 15) is 4.79 Å². The van der Waals surface area contributed by atoms with Gasteiger partial charge in [-0.1, -0.05) is 18.2 Å². The standard InChI is InChI=1S/C11H11BN2O/c1-7(13)10-6-8-4-2-3-5-9(8)11(15)14(10)12/h2-7H,13H2,1H3/t7-/m0/s1. The van der Waals surface area contributed by atoms with Crippen molar-refractivity contribution < 1.29 is 0 Å². The molecule has 3 nitrogen and oxygen atoms in total. The SMILES string of the molecule is [B]n1c([C@H](C)N)cc2ccccc2c1=O. The van der Waals surface area contributed by atoms with Crippen LogP contribution >= 0.6 is 0 Å². The molecule has 0 amide bonds. The first-order valence-corrected chi connectivity index (χ1v) is 4.76. The lowest BCUT2D eigenvalue weighted by atomic mass is 10.1. The average Bonchev–Trinajstić information content (AvgIpc) is 2.23. The lowest BCUT2D eigenvalue weighted by Gasteiger charge is -2.13. The maximum Gasteiger partial charge on any atom is 0.245 e. The number of hydrogen-bond donors (Lipinski definition) is 1. The molecule has 2 radical (unpaired) electrons. The Morgan fingerprint density at radius 2 is 2.07 bits per heavy atom. The first-order valence-electron chi connectivity index (χ1n) is 4.76. The fourth-order valence-electron chi connectivity index (χ4n) is 1.64. The molecule has 2 aromatic rings. The van der Waals surface area contributed by atoms with Gasteiger partial charge in [0.25, 0.3) is 0 Å². The summed E-state index contributed by atoms with van der Waals surface area (Å²) in [6.45, 7) is 1.80. The number of nitrogens with zero attached hydrogens (tertiary/aromatic N) is 1. The summed E-state index contributed by atoms with van der Waals surface area (Å²) in [5.41, 5.74) is 6.16. The van der Waals surface area contributed by atoms with Gasteiger partial charge < -0.3 is 10.2 Å². The molecule has 1 heterocycles. The van der Waals surface area contributed by atoms with Gasteiger partial charge in [0.05, 0.1) is 0 Å². The van der Waals surface area contributed by atoms with Crippen LogP contribution in [0.2, 0.25) is 0 Å². The van der Waals surface area contributed by atoms with Gasteiger partial charge in [0.1, 0.15) is 0 Å². The molecule has 0 aliphatic carbocycles. The molecule has 74 valence electrons. The number of hydrogen-bond acceptors (Lipinski definition) is 2. The fourth-order valence-corrected chi connectivity index (χ4v) is 1.64. The monoisotopic (exact) mass is 198 g/mol. The minimum atomic E-state index is -0.257. The van der Waals surface area contributed by atoms with Gasteiger partial charge >= 0.3 is 0 Å². The molecular formula is C11H11BN2O. The van der Waals surface area contributed by atoms with Crippen LogP contribution in [-0.4, -0.2) is 12.5 Å². The van der Waals surface area contributed by atoms with Crippen LogP contribution in [0.1, 0.15) is 18.7 Å². The summed E-state index contributed by atoms with van der Waals surface area (Å²) in [4.78, 5) is 11.8. The van der Waals surface area contributed by atoms with Gasteiger partial charge in [0.2, 0.25) is 13.5 Å². The third kappa shape index (κ3) is 1.57. The van der Waals surface area contributed by atoms with Crippen molar-refractivity contribution in [2.45, 2.75) is 13.0 Å². The smallest absolute Gasteiger partial charge is 0.245 e. The van der Waals surface area contributed by atoms with Gasteiger partial charge in [-0.05, 0) is 24.4 Å². The van der Waals surface area contributed by atoms with Gasteiger partial charge in [0, 0.05) is 17.1 Å². The molecule has 2 N–H and O–H groups in total. The highest BCUT2D eigenvalue weighted by atomic mass is 16.1. The molecule has 0 fully saturated rings. The van der Waals surface area contributed by atoms with Crippen LogP contribution in [0.3, 0.4) is 0 Å². The molecule has 0 bridgehead atoms. The van der Waals surface area contributed by atoms with E-state index in [-0.39, 0.29) is 11.6 Å². The van der Waals surface area contributed by atoms with Crippen molar-refractivity contribution >= 4 is 18.8 Å². The molecule has 0 aliphatic heterocycles. The molecule has 15 heavy (non-hydrogen) atoms. The molecule has 1 aromatic carbocycles. The number of aromatic nitrogens is 1. The van der Waals surface area contributed by atoms with Crippen LogP contribution in [0.25, 0.3) is 10.8 Å². The summed E-state index contributed by atoms with van der Waals surface area (Å²) >= 11 is 0. The van der Waals surface area contributed by atoms with Crippen LogP contribution in [0, 0.1) is 0 Å². The minimum absolute atomic E-state index is 0.208. The van der Waals surface area contributed by atoms with Crippen molar-refractivity contribution in [1.29, 1.82) is 0 Å². The zero-order valence-corrected chi connectivity index (χ0v) is 8.47. The van der Waals surface area contributed by atoms with Gasteiger partial charge in [0.15, 0.2) is 0 Å². The summed E-state index contributed by atoms with van der Waals surface area (Å²) in [5, 5.41) is 1.49. The van der Waals surface area contributed by atoms with Crippen molar-refractivity contribution in [2.75, 3.05) is 0 Å². The van der Waals surface area contributed by atoms with E-state index in [2.05, 4.69) is 0 Å². The summed E-state index contributed by atoms with van der Waals surface area (Å²) in [6.07, 6.45) is 0. The molecule has 0 spiro atoms. The Bertz CT molecular complexity index is 560. The maximum atomic E-state index is 11.8. The summed E-state index contributed by atoms with van der Waals surface area (Å²) < 4.78 is 1.12. The summed E-state index contributed by atoms with van der Waals surface area (Å²) in [7, 11) is 5.67. The first kappa shape index (κ1) is 9.99.